The van der Waals surface area contributed by atoms with E-state index in [1.54, 1.807) is 24.5 Å². The highest BCUT2D eigenvalue weighted by Gasteiger charge is 2.23. The highest BCUT2D eigenvalue weighted by molar-refractivity contribution is 5.94. The van der Waals surface area contributed by atoms with Crippen molar-refractivity contribution in [1.82, 2.24) is 20.1 Å². The van der Waals surface area contributed by atoms with Crippen molar-refractivity contribution in [2.24, 2.45) is 5.73 Å². The van der Waals surface area contributed by atoms with Gasteiger partial charge in [0.1, 0.15) is 18.7 Å². The largest absolute Gasteiger partial charge is 0.492 e. The molecule has 0 aliphatic heterocycles. The van der Waals surface area contributed by atoms with Crippen LogP contribution in [0.5, 0.6) is 5.75 Å². The van der Waals surface area contributed by atoms with Crippen molar-refractivity contribution in [3.8, 4) is 5.75 Å². The van der Waals surface area contributed by atoms with E-state index in [1.807, 2.05) is 13.0 Å². The Morgan fingerprint density at radius 1 is 1.38 bits per heavy atom. The first kappa shape index (κ1) is 22.4. The van der Waals surface area contributed by atoms with Crippen LogP contribution >= 0.6 is 0 Å². The standard InChI is InChI=1S/C18H25N5O2.C2H4O2/c1-13(17-22-20-12-23(17)15-6-2-3-7-15)21-18(24)14-5-4-8-16(11-14)25-10-9-19;1-2(3)4/h4-5,8,11-13,15H,2-3,6-7,9-10,19H2,1H3,(H,21,24);1H3,(H,3,4). The summed E-state index contributed by atoms with van der Waals surface area (Å²) in [4.78, 5) is 21.6. The molecule has 4 N–H and O–H groups in total. The van der Waals surface area contributed by atoms with Crippen LogP contribution in [0.25, 0.3) is 0 Å². The minimum atomic E-state index is -0.833. The lowest BCUT2D eigenvalue weighted by Crippen LogP contribution is -2.29. The van der Waals surface area contributed by atoms with E-state index in [0.717, 1.165) is 25.6 Å². The minimum Gasteiger partial charge on any atom is -0.492 e. The number of amides is 1. The van der Waals surface area contributed by atoms with E-state index in [2.05, 4.69) is 20.1 Å². The molecular weight excluding hydrogens is 374 g/mol. The number of benzene rings is 1. The molecule has 1 aliphatic carbocycles. The molecule has 29 heavy (non-hydrogen) atoms. The fraction of sp³-hybridized carbons (Fsp3) is 0.500. The molecule has 0 saturated heterocycles. The van der Waals surface area contributed by atoms with E-state index in [0.29, 0.717) is 30.5 Å². The number of nitrogens with zero attached hydrogens (tertiary/aromatic N) is 3. The Balaban J connectivity index is 0.000000687. The molecule has 3 rings (SSSR count). The number of aliphatic carboxylic acids is 1. The fourth-order valence-corrected chi connectivity index (χ4v) is 3.27. The van der Waals surface area contributed by atoms with E-state index >= 15 is 0 Å². The Morgan fingerprint density at radius 2 is 2.07 bits per heavy atom. The topological polar surface area (TPSA) is 132 Å². The van der Waals surface area contributed by atoms with E-state index in [-0.39, 0.29) is 11.9 Å². The molecule has 9 heteroatoms. The van der Waals surface area contributed by atoms with Gasteiger partial charge in [-0.2, -0.15) is 0 Å². The first-order valence-electron chi connectivity index (χ1n) is 9.75. The third-order valence-corrected chi connectivity index (χ3v) is 4.54. The van der Waals surface area contributed by atoms with Gasteiger partial charge in [0.2, 0.25) is 0 Å². The number of carboxylic acids is 1. The van der Waals surface area contributed by atoms with Crippen molar-refractivity contribution in [3.63, 3.8) is 0 Å². The van der Waals surface area contributed by atoms with Crippen LogP contribution in [-0.2, 0) is 4.79 Å². The monoisotopic (exact) mass is 403 g/mol. The normalized spacial score (nSPS) is 14.6. The van der Waals surface area contributed by atoms with E-state index in [4.69, 9.17) is 20.4 Å². The molecule has 0 bridgehead atoms. The van der Waals surface area contributed by atoms with Gasteiger partial charge in [-0.1, -0.05) is 18.9 Å². The van der Waals surface area contributed by atoms with Crippen molar-refractivity contribution in [2.75, 3.05) is 13.2 Å². The predicted octanol–water partition coefficient (Wildman–Crippen LogP) is 2.31. The maximum Gasteiger partial charge on any atom is 0.300 e. The van der Waals surface area contributed by atoms with Gasteiger partial charge in [0.25, 0.3) is 11.9 Å². The number of aromatic nitrogens is 3. The van der Waals surface area contributed by atoms with Crippen molar-refractivity contribution in [2.45, 2.75) is 51.6 Å². The lowest BCUT2D eigenvalue weighted by molar-refractivity contribution is -0.134. The lowest BCUT2D eigenvalue weighted by Gasteiger charge is -2.19. The van der Waals surface area contributed by atoms with E-state index < -0.39 is 5.97 Å². The summed E-state index contributed by atoms with van der Waals surface area (Å²) < 4.78 is 7.59. The third kappa shape index (κ3) is 6.86. The molecule has 1 aromatic heterocycles. The summed E-state index contributed by atoms with van der Waals surface area (Å²) in [6, 6.07) is 7.32. The summed E-state index contributed by atoms with van der Waals surface area (Å²) in [5.74, 6) is 0.447. The van der Waals surface area contributed by atoms with E-state index in [1.165, 1.54) is 12.8 Å². The van der Waals surface area contributed by atoms with Crippen LogP contribution in [0.15, 0.2) is 30.6 Å². The number of carbonyl (C=O) groups excluding carboxylic acids is 1. The number of carbonyl (C=O) groups is 2. The zero-order valence-corrected chi connectivity index (χ0v) is 16.9. The fourth-order valence-electron chi connectivity index (χ4n) is 3.27. The van der Waals surface area contributed by atoms with Crippen molar-refractivity contribution in [3.05, 3.63) is 42.0 Å². The zero-order valence-electron chi connectivity index (χ0n) is 16.9. The number of hydrogen-bond acceptors (Lipinski definition) is 6. The lowest BCUT2D eigenvalue weighted by atomic mass is 10.1. The Hall–Kier alpha value is -2.94. The summed E-state index contributed by atoms with van der Waals surface area (Å²) in [6.45, 7) is 3.87. The van der Waals surface area contributed by atoms with Gasteiger partial charge < -0.3 is 25.5 Å². The molecule has 1 unspecified atom stereocenters. The Labute approximate surface area is 170 Å². The summed E-state index contributed by atoms with van der Waals surface area (Å²) in [5, 5.41) is 18.7. The number of ether oxygens (including phenoxy) is 1. The van der Waals surface area contributed by atoms with Gasteiger partial charge in [-0.05, 0) is 38.0 Å². The van der Waals surface area contributed by atoms with Gasteiger partial charge >= 0.3 is 0 Å². The third-order valence-electron chi connectivity index (χ3n) is 4.54. The van der Waals surface area contributed by atoms with Crippen LogP contribution in [0, 0.1) is 0 Å². The van der Waals surface area contributed by atoms with Crippen molar-refractivity contribution >= 4 is 11.9 Å². The van der Waals surface area contributed by atoms with Crippen LogP contribution in [0.1, 0.15) is 67.8 Å². The maximum absolute atomic E-state index is 12.6. The second kappa shape index (κ2) is 11.2. The second-order valence-electron chi connectivity index (χ2n) is 6.91. The van der Waals surface area contributed by atoms with Crippen LogP contribution in [-0.4, -0.2) is 44.9 Å². The number of nitrogens with one attached hydrogen (secondary N) is 1. The van der Waals surface area contributed by atoms with Crippen molar-refractivity contribution in [1.29, 1.82) is 0 Å². The Bertz CT molecular complexity index is 798. The Kier molecular flexibility index (Phi) is 8.60. The molecule has 9 nitrogen and oxygen atoms in total. The van der Waals surface area contributed by atoms with Crippen LogP contribution in [0.4, 0.5) is 0 Å². The summed E-state index contributed by atoms with van der Waals surface area (Å²) in [7, 11) is 0. The average molecular weight is 403 g/mol. The Morgan fingerprint density at radius 3 is 2.72 bits per heavy atom. The molecule has 1 heterocycles. The van der Waals surface area contributed by atoms with Gasteiger partial charge in [-0.15, -0.1) is 10.2 Å². The van der Waals surface area contributed by atoms with Gasteiger partial charge in [0.15, 0.2) is 5.82 Å². The quantitative estimate of drug-likeness (QED) is 0.646. The summed E-state index contributed by atoms with van der Waals surface area (Å²) in [6.07, 6.45) is 6.53. The number of carboxylic acid groups (broad SMARTS) is 1. The zero-order chi connectivity index (χ0) is 21.2. The van der Waals surface area contributed by atoms with Crippen LogP contribution < -0.4 is 15.8 Å². The molecule has 0 spiro atoms. The molecule has 2 aromatic rings. The summed E-state index contributed by atoms with van der Waals surface area (Å²) in [5.41, 5.74) is 5.99. The molecule has 0 radical (unpaired) electrons. The molecule has 158 valence electrons. The highest BCUT2D eigenvalue weighted by Crippen LogP contribution is 2.31. The number of hydrogen-bond donors (Lipinski definition) is 3. The molecular formula is C20H29N5O4. The molecule has 1 aromatic carbocycles. The molecule has 1 fully saturated rings. The first-order valence-corrected chi connectivity index (χ1v) is 9.75. The van der Waals surface area contributed by atoms with Gasteiger partial charge in [-0.25, -0.2) is 0 Å². The molecule has 1 saturated carbocycles. The summed E-state index contributed by atoms with van der Waals surface area (Å²) >= 11 is 0. The second-order valence-corrected chi connectivity index (χ2v) is 6.91. The van der Waals surface area contributed by atoms with Gasteiger partial charge in [0.05, 0.1) is 6.04 Å². The first-order chi connectivity index (χ1) is 13.9. The maximum atomic E-state index is 12.6. The molecule has 1 atom stereocenters. The number of nitrogens with two attached hydrogens (primary N) is 1. The smallest absolute Gasteiger partial charge is 0.300 e. The average Bonchev–Trinajstić information content (AvgIpc) is 3.37. The molecule has 1 amide bonds. The minimum absolute atomic E-state index is 0.160. The van der Waals surface area contributed by atoms with Crippen molar-refractivity contribution < 1.29 is 19.4 Å². The van der Waals surface area contributed by atoms with Gasteiger partial charge in [0, 0.05) is 25.1 Å². The van der Waals surface area contributed by atoms with Crippen LogP contribution in [0.3, 0.4) is 0 Å². The van der Waals surface area contributed by atoms with Crippen LogP contribution in [0.2, 0.25) is 0 Å². The van der Waals surface area contributed by atoms with Gasteiger partial charge in [-0.3, -0.25) is 9.59 Å². The number of rotatable bonds is 7. The van der Waals surface area contributed by atoms with E-state index in [9.17, 15) is 4.79 Å². The molecule has 1 aliphatic rings. The predicted molar refractivity (Wildman–Crippen MR) is 108 cm³/mol. The highest BCUT2D eigenvalue weighted by atomic mass is 16.5. The SMILES string of the molecule is CC(=O)O.CC(NC(=O)c1cccc(OCCN)c1)c1nncn1C1CCCC1.